The minimum Gasteiger partial charge on any atom is -0.345 e. The predicted octanol–water partition coefficient (Wildman–Crippen LogP) is 3.61. The number of aromatic nitrogens is 6. The van der Waals surface area contributed by atoms with Crippen molar-refractivity contribution in [3.63, 3.8) is 0 Å². The summed E-state index contributed by atoms with van der Waals surface area (Å²) in [6.45, 7) is 4.30. The topological polar surface area (TPSA) is 110 Å². The lowest BCUT2D eigenvalue weighted by atomic mass is 10.1. The van der Waals surface area contributed by atoms with Gasteiger partial charge in [-0.3, -0.25) is 9.59 Å². The van der Waals surface area contributed by atoms with E-state index in [1.54, 1.807) is 34.3 Å². The molecule has 3 aromatic heterocycles. The number of benzene rings is 2. The maximum Gasteiger partial charge on any atom is 0.261 e. The first-order valence-electron chi connectivity index (χ1n) is 11.7. The Bertz CT molecular complexity index is 1620. The number of rotatable bonds is 6. The number of anilines is 1. The fourth-order valence-electron chi connectivity index (χ4n) is 4.11. The number of fused-ring (bicyclic) bond motifs is 1. The third-order valence-corrected chi connectivity index (χ3v) is 5.92. The lowest BCUT2D eigenvalue weighted by molar-refractivity contribution is 0.0827. The number of aryl methyl sites for hydroxylation is 2. The molecule has 3 heterocycles. The largest absolute Gasteiger partial charge is 0.345 e. The normalized spacial score (nSPS) is 11.0. The van der Waals surface area contributed by atoms with Crippen molar-refractivity contribution in [1.29, 1.82) is 0 Å². The Morgan fingerprint density at radius 1 is 1.03 bits per heavy atom. The van der Waals surface area contributed by atoms with Gasteiger partial charge < -0.3 is 10.2 Å². The van der Waals surface area contributed by atoms with Gasteiger partial charge in [0.1, 0.15) is 11.3 Å². The van der Waals surface area contributed by atoms with Gasteiger partial charge in [0.2, 0.25) is 0 Å². The van der Waals surface area contributed by atoms with Gasteiger partial charge in [0, 0.05) is 42.3 Å². The number of carbonyl (C=O) groups excluding carboxylic acids is 2. The van der Waals surface area contributed by atoms with Crippen molar-refractivity contribution < 1.29 is 9.59 Å². The molecule has 0 saturated carbocycles. The summed E-state index contributed by atoms with van der Waals surface area (Å²) in [6.07, 6.45) is 3.38. The molecule has 10 nitrogen and oxygen atoms in total. The number of carbonyl (C=O) groups is 2. The first-order chi connectivity index (χ1) is 17.8. The molecule has 5 rings (SSSR count). The molecule has 0 unspecified atom stereocenters. The van der Waals surface area contributed by atoms with E-state index in [2.05, 4.69) is 25.7 Å². The molecule has 0 bridgehead atoms. The van der Waals surface area contributed by atoms with Crippen molar-refractivity contribution in [3.8, 4) is 11.3 Å². The molecule has 0 aliphatic carbocycles. The van der Waals surface area contributed by atoms with Gasteiger partial charge in [-0.25, -0.2) is 14.2 Å². The first kappa shape index (κ1) is 23.9. The maximum absolute atomic E-state index is 12.9. The number of hydrogen-bond donors (Lipinski definition) is 1. The zero-order valence-electron chi connectivity index (χ0n) is 21.0. The van der Waals surface area contributed by atoms with Gasteiger partial charge in [-0.15, -0.1) is 5.10 Å². The SMILES string of the molecule is Cc1cc(C)n2ncc(C(=O)Nc3ccc(-c4cn(Cc5cccc(C(=O)N(C)C)c5)nn4)cc3)c2n1. The maximum atomic E-state index is 12.9. The van der Waals surface area contributed by atoms with Crippen molar-refractivity contribution in [2.24, 2.45) is 0 Å². The second-order valence-electron chi connectivity index (χ2n) is 9.07. The van der Waals surface area contributed by atoms with E-state index in [-0.39, 0.29) is 11.8 Å². The Morgan fingerprint density at radius 2 is 1.81 bits per heavy atom. The van der Waals surface area contributed by atoms with Crippen LogP contribution >= 0.6 is 0 Å². The van der Waals surface area contributed by atoms with Gasteiger partial charge in [-0.1, -0.05) is 29.5 Å². The summed E-state index contributed by atoms with van der Waals surface area (Å²) >= 11 is 0. The number of nitrogens with one attached hydrogen (secondary N) is 1. The highest BCUT2D eigenvalue weighted by Crippen LogP contribution is 2.21. The molecule has 0 fully saturated rings. The Balaban J connectivity index is 1.28. The Morgan fingerprint density at radius 3 is 2.57 bits per heavy atom. The molecular weight excluding hydrogens is 468 g/mol. The molecule has 0 spiro atoms. The van der Waals surface area contributed by atoms with Crippen LogP contribution in [0.4, 0.5) is 5.69 Å². The average molecular weight is 495 g/mol. The highest BCUT2D eigenvalue weighted by molar-refractivity contribution is 6.08. The second-order valence-corrected chi connectivity index (χ2v) is 9.07. The van der Waals surface area contributed by atoms with Gasteiger partial charge in [0.05, 0.1) is 18.9 Å². The smallest absolute Gasteiger partial charge is 0.261 e. The van der Waals surface area contributed by atoms with Crippen molar-refractivity contribution in [2.45, 2.75) is 20.4 Å². The van der Waals surface area contributed by atoms with Crippen molar-refractivity contribution in [3.05, 3.63) is 95.1 Å². The molecule has 0 radical (unpaired) electrons. The van der Waals surface area contributed by atoms with Crippen LogP contribution in [0.5, 0.6) is 0 Å². The first-order valence-corrected chi connectivity index (χ1v) is 11.7. The minimum absolute atomic E-state index is 0.0450. The molecule has 0 atom stereocenters. The highest BCUT2D eigenvalue weighted by Gasteiger charge is 2.16. The van der Waals surface area contributed by atoms with Gasteiger partial charge in [-0.05, 0) is 49.7 Å². The van der Waals surface area contributed by atoms with Crippen LogP contribution in [-0.2, 0) is 6.54 Å². The lowest BCUT2D eigenvalue weighted by Gasteiger charge is -2.11. The van der Waals surface area contributed by atoms with E-state index in [4.69, 9.17) is 0 Å². The number of amides is 2. The highest BCUT2D eigenvalue weighted by atomic mass is 16.2. The summed E-state index contributed by atoms with van der Waals surface area (Å²) in [5.74, 6) is -0.322. The number of hydrogen-bond acceptors (Lipinski definition) is 6. The van der Waals surface area contributed by atoms with E-state index >= 15 is 0 Å². The Hall–Kier alpha value is -4.86. The molecule has 10 heteroatoms. The van der Waals surface area contributed by atoms with Crippen LogP contribution < -0.4 is 5.32 Å². The molecule has 2 amide bonds. The van der Waals surface area contributed by atoms with Gasteiger partial charge >= 0.3 is 0 Å². The van der Waals surface area contributed by atoms with E-state index < -0.39 is 0 Å². The standard InChI is InChI=1S/C27H26N8O2/c1-17-12-18(2)35-25(29-17)23(14-28-35)26(36)30-22-10-8-20(9-11-22)24-16-34(32-31-24)15-19-6-5-7-21(13-19)27(37)33(3)4/h5-14,16H,15H2,1-4H3,(H,30,36). The van der Waals surface area contributed by atoms with Crippen LogP contribution in [0.25, 0.3) is 16.9 Å². The van der Waals surface area contributed by atoms with Gasteiger partial charge in [-0.2, -0.15) is 5.10 Å². The van der Waals surface area contributed by atoms with Crippen molar-refractivity contribution in [2.75, 3.05) is 19.4 Å². The monoisotopic (exact) mass is 494 g/mol. The van der Waals surface area contributed by atoms with Crippen LogP contribution in [0.2, 0.25) is 0 Å². The molecule has 0 aliphatic heterocycles. The number of nitrogens with zero attached hydrogens (tertiary/aromatic N) is 7. The quantitative estimate of drug-likeness (QED) is 0.386. The molecule has 0 aliphatic rings. The van der Waals surface area contributed by atoms with Crippen molar-refractivity contribution >= 4 is 23.1 Å². The van der Waals surface area contributed by atoms with E-state index in [1.165, 1.54) is 6.20 Å². The van der Waals surface area contributed by atoms with Gasteiger partial charge in [0.15, 0.2) is 5.65 Å². The summed E-state index contributed by atoms with van der Waals surface area (Å²) in [6, 6.07) is 16.8. The van der Waals surface area contributed by atoms with E-state index in [1.807, 2.05) is 68.6 Å². The molecule has 37 heavy (non-hydrogen) atoms. The summed E-state index contributed by atoms with van der Waals surface area (Å²) in [4.78, 5) is 31.2. The van der Waals surface area contributed by atoms with E-state index in [0.717, 1.165) is 22.5 Å². The fourth-order valence-corrected chi connectivity index (χ4v) is 4.11. The molecule has 2 aromatic carbocycles. The molecule has 1 N–H and O–H groups in total. The molecular formula is C27H26N8O2. The second kappa shape index (κ2) is 9.65. The Kier molecular flexibility index (Phi) is 6.22. The summed E-state index contributed by atoms with van der Waals surface area (Å²) < 4.78 is 3.39. The molecule has 5 aromatic rings. The average Bonchev–Trinajstić information content (AvgIpc) is 3.51. The zero-order chi connectivity index (χ0) is 26.1. The van der Waals surface area contributed by atoms with Crippen molar-refractivity contribution in [1.82, 2.24) is 34.5 Å². The third-order valence-electron chi connectivity index (χ3n) is 5.92. The minimum atomic E-state index is -0.277. The predicted molar refractivity (Wildman–Crippen MR) is 139 cm³/mol. The molecule has 186 valence electrons. The summed E-state index contributed by atoms with van der Waals surface area (Å²) in [7, 11) is 3.46. The van der Waals surface area contributed by atoms with Crippen LogP contribution in [0.15, 0.2) is 67.0 Å². The fraction of sp³-hybridized carbons (Fsp3) is 0.185. The van der Waals surface area contributed by atoms with E-state index in [9.17, 15) is 9.59 Å². The third kappa shape index (κ3) is 4.94. The summed E-state index contributed by atoms with van der Waals surface area (Å²) in [5.41, 5.74) is 6.48. The van der Waals surface area contributed by atoms with Crippen LogP contribution in [0.3, 0.4) is 0 Å². The summed E-state index contributed by atoms with van der Waals surface area (Å²) in [5, 5.41) is 15.7. The van der Waals surface area contributed by atoms with Crippen LogP contribution in [0.1, 0.15) is 37.7 Å². The zero-order valence-corrected chi connectivity index (χ0v) is 21.0. The van der Waals surface area contributed by atoms with Crippen LogP contribution in [-0.4, -0.2) is 60.4 Å². The van der Waals surface area contributed by atoms with E-state index in [0.29, 0.717) is 34.7 Å². The lowest BCUT2D eigenvalue weighted by Crippen LogP contribution is -2.21. The van der Waals surface area contributed by atoms with Gasteiger partial charge in [0.25, 0.3) is 11.8 Å². The van der Waals surface area contributed by atoms with Crippen LogP contribution in [0, 0.1) is 13.8 Å². The molecule has 0 saturated heterocycles. The Labute approximate surface area is 213 Å².